The van der Waals surface area contributed by atoms with Crippen molar-refractivity contribution in [3.63, 3.8) is 0 Å². The summed E-state index contributed by atoms with van der Waals surface area (Å²) in [6, 6.07) is 4.67. The van der Waals surface area contributed by atoms with E-state index >= 15 is 0 Å². The lowest BCUT2D eigenvalue weighted by Gasteiger charge is -2.23. The summed E-state index contributed by atoms with van der Waals surface area (Å²) in [6.45, 7) is 7.65. The molecule has 5 heteroatoms. The molecular weight excluding hydrogens is 307 g/mol. The van der Waals surface area contributed by atoms with Gasteiger partial charge >= 0.3 is 6.09 Å². The molecular formula is C19H27FN2O2. The van der Waals surface area contributed by atoms with Crippen LogP contribution in [0.4, 0.5) is 9.18 Å². The second-order valence-electron chi connectivity index (χ2n) is 7.19. The maximum Gasteiger partial charge on any atom is 0.407 e. The summed E-state index contributed by atoms with van der Waals surface area (Å²) < 4.78 is 18.9. The number of nitrogens with one attached hydrogen (secondary N) is 2. The fourth-order valence-corrected chi connectivity index (χ4v) is 2.73. The molecule has 132 valence electrons. The summed E-state index contributed by atoms with van der Waals surface area (Å²) in [7, 11) is 0. The van der Waals surface area contributed by atoms with Gasteiger partial charge in [0.1, 0.15) is 11.4 Å². The molecule has 0 saturated carbocycles. The van der Waals surface area contributed by atoms with Crippen LogP contribution in [0.25, 0.3) is 10.9 Å². The van der Waals surface area contributed by atoms with Gasteiger partial charge in [0.25, 0.3) is 0 Å². The zero-order chi connectivity index (χ0) is 17.7. The highest BCUT2D eigenvalue weighted by atomic mass is 19.1. The number of carbonyl (C=O) groups excluding carboxylic acids is 1. The lowest BCUT2D eigenvalue weighted by Crippen LogP contribution is -2.40. The predicted octanol–water partition coefficient (Wildman–Crippen LogP) is 4.93. The van der Waals surface area contributed by atoms with E-state index in [1.807, 2.05) is 27.0 Å². The van der Waals surface area contributed by atoms with Crippen molar-refractivity contribution in [3.8, 4) is 0 Å². The van der Waals surface area contributed by atoms with Crippen LogP contribution in [0.5, 0.6) is 0 Å². The summed E-state index contributed by atoms with van der Waals surface area (Å²) in [5.41, 5.74) is 1.38. The molecule has 0 spiro atoms. The first-order valence-electron chi connectivity index (χ1n) is 8.53. The molecule has 0 aliphatic carbocycles. The van der Waals surface area contributed by atoms with Gasteiger partial charge in [0.15, 0.2) is 0 Å². The zero-order valence-electron chi connectivity index (χ0n) is 14.9. The molecule has 0 bridgehead atoms. The Labute approximate surface area is 142 Å². The van der Waals surface area contributed by atoms with Crippen LogP contribution in [-0.4, -0.2) is 22.7 Å². The van der Waals surface area contributed by atoms with E-state index in [4.69, 9.17) is 4.74 Å². The normalized spacial score (nSPS) is 13.0. The average molecular weight is 334 g/mol. The highest BCUT2D eigenvalue weighted by molar-refractivity contribution is 5.83. The van der Waals surface area contributed by atoms with Gasteiger partial charge in [0.2, 0.25) is 0 Å². The second-order valence-corrected chi connectivity index (χ2v) is 7.19. The Morgan fingerprint density at radius 3 is 2.79 bits per heavy atom. The van der Waals surface area contributed by atoms with E-state index in [2.05, 4.69) is 17.2 Å². The molecule has 1 aromatic carbocycles. The van der Waals surface area contributed by atoms with Gasteiger partial charge in [0, 0.05) is 23.1 Å². The molecule has 4 nitrogen and oxygen atoms in total. The van der Waals surface area contributed by atoms with E-state index in [9.17, 15) is 9.18 Å². The van der Waals surface area contributed by atoms with Crippen LogP contribution in [0.2, 0.25) is 0 Å². The van der Waals surface area contributed by atoms with Gasteiger partial charge in [-0.2, -0.15) is 0 Å². The highest BCUT2D eigenvalue weighted by Crippen LogP contribution is 2.22. The molecule has 2 rings (SSSR count). The van der Waals surface area contributed by atoms with Gasteiger partial charge < -0.3 is 15.0 Å². The van der Waals surface area contributed by atoms with Crippen LogP contribution in [-0.2, 0) is 11.2 Å². The minimum absolute atomic E-state index is 0.0398. The fourth-order valence-electron chi connectivity index (χ4n) is 2.73. The topological polar surface area (TPSA) is 54.1 Å². The van der Waals surface area contributed by atoms with Gasteiger partial charge in [-0.15, -0.1) is 0 Å². The van der Waals surface area contributed by atoms with Crippen molar-refractivity contribution in [3.05, 3.63) is 35.8 Å². The molecule has 1 aromatic heterocycles. The van der Waals surface area contributed by atoms with E-state index in [0.29, 0.717) is 6.42 Å². The third-order valence-electron chi connectivity index (χ3n) is 3.82. The molecule has 1 atom stereocenters. The number of hydrogen-bond donors (Lipinski definition) is 2. The first-order valence-corrected chi connectivity index (χ1v) is 8.53. The third kappa shape index (κ3) is 5.25. The van der Waals surface area contributed by atoms with Crippen molar-refractivity contribution >= 4 is 17.0 Å². The maximum atomic E-state index is 13.5. The number of H-pyrrole nitrogens is 1. The van der Waals surface area contributed by atoms with Crippen LogP contribution < -0.4 is 5.32 Å². The van der Waals surface area contributed by atoms with Gasteiger partial charge in [-0.3, -0.25) is 0 Å². The molecule has 1 unspecified atom stereocenters. The number of fused-ring (bicyclic) bond motifs is 1. The molecule has 2 N–H and O–H groups in total. The number of amides is 1. The number of unbranched alkanes of at least 4 members (excludes halogenated alkanes) is 1. The van der Waals surface area contributed by atoms with Gasteiger partial charge in [0.05, 0.1) is 0 Å². The Balaban J connectivity index is 2.12. The maximum absolute atomic E-state index is 13.5. The smallest absolute Gasteiger partial charge is 0.407 e. The van der Waals surface area contributed by atoms with Gasteiger partial charge in [-0.05, 0) is 57.4 Å². The number of hydrogen-bond acceptors (Lipinski definition) is 2. The monoisotopic (exact) mass is 334 g/mol. The summed E-state index contributed by atoms with van der Waals surface area (Å²) in [5.74, 6) is -0.256. The van der Waals surface area contributed by atoms with Gasteiger partial charge in [-0.25, -0.2) is 9.18 Å². The number of alkyl carbamates (subject to hydrolysis) is 1. The standard InChI is InChI=1S/C19H27FN2O2/c1-5-6-7-15(22-18(23)24-19(2,3)4)10-13-12-21-17-9-8-14(20)11-16(13)17/h8-9,11-12,15,21H,5-7,10H2,1-4H3,(H,22,23). The quantitative estimate of drug-likeness (QED) is 0.787. The van der Waals surface area contributed by atoms with E-state index in [0.717, 1.165) is 35.7 Å². The summed E-state index contributed by atoms with van der Waals surface area (Å²) in [4.78, 5) is 15.2. The van der Waals surface area contributed by atoms with E-state index in [-0.39, 0.29) is 11.9 Å². The van der Waals surface area contributed by atoms with Crippen LogP contribution in [0, 0.1) is 5.82 Å². The Bertz CT molecular complexity index is 688. The molecule has 0 radical (unpaired) electrons. The second kappa shape index (κ2) is 7.69. The number of rotatable bonds is 6. The SMILES string of the molecule is CCCCC(Cc1c[nH]c2ccc(F)cc12)NC(=O)OC(C)(C)C. The first kappa shape index (κ1) is 18.3. The lowest BCUT2D eigenvalue weighted by molar-refractivity contribution is 0.0501. The Morgan fingerprint density at radius 1 is 1.38 bits per heavy atom. The Hall–Kier alpha value is -2.04. The molecule has 0 fully saturated rings. The third-order valence-corrected chi connectivity index (χ3v) is 3.82. The summed E-state index contributed by atoms with van der Waals surface area (Å²) >= 11 is 0. The minimum Gasteiger partial charge on any atom is -0.444 e. The van der Waals surface area contributed by atoms with Crippen molar-refractivity contribution in [2.75, 3.05) is 0 Å². The van der Waals surface area contributed by atoms with Crippen molar-refractivity contribution in [1.29, 1.82) is 0 Å². The fraction of sp³-hybridized carbons (Fsp3) is 0.526. The molecule has 0 aliphatic rings. The molecule has 0 aliphatic heterocycles. The van der Waals surface area contributed by atoms with E-state index in [1.165, 1.54) is 12.1 Å². The average Bonchev–Trinajstić information content (AvgIpc) is 2.85. The van der Waals surface area contributed by atoms with Crippen LogP contribution >= 0.6 is 0 Å². The number of halogens is 1. The first-order chi connectivity index (χ1) is 11.3. The minimum atomic E-state index is -0.525. The van der Waals surface area contributed by atoms with E-state index in [1.54, 1.807) is 6.07 Å². The van der Waals surface area contributed by atoms with Crippen molar-refractivity contribution in [1.82, 2.24) is 10.3 Å². The highest BCUT2D eigenvalue weighted by Gasteiger charge is 2.20. The molecule has 1 amide bonds. The molecule has 24 heavy (non-hydrogen) atoms. The number of ether oxygens (including phenoxy) is 1. The van der Waals surface area contributed by atoms with Crippen molar-refractivity contribution in [2.45, 2.75) is 65.0 Å². The Morgan fingerprint density at radius 2 is 2.12 bits per heavy atom. The Kier molecular flexibility index (Phi) is 5.86. The van der Waals surface area contributed by atoms with Crippen LogP contribution in [0.3, 0.4) is 0 Å². The van der Waals surface area contributed by atoms with Crippen LogP contribution in [0.1, 0.15) is 52.5 Å². The number of benzene rings is 1. The lowest BCUT2D eigenvalue weighted by atomic mass is 10.0. The summed E-state index contributed by atoms with van der Waals surface area (Å²) in [5, 5.41) is 3.82. The number of aromatic amines is 1. The number of carbonyl (C=O) groups is 1. The van der Waals surface area contributed by atoms with Gasteiger partial charge in [-0.1, -0.05) is 19.8 Å². The molecule has 1 heterocycles. The molecule has 0 saturated heterocycles. The molecule has 2 aromatic rings. The predicted molar refractivity (Wildman–Crippen MR) is 94.6 cm³/mol. The van der Waals surface area contributed by atoms with Crippen LogP contribution in [0.15, 0.2) is 24.4 Å². The summed E-state index contributed by atoms with van der Waals surface area (Å²) in [6.07, 6.45) is 5.04. The largest absolute Gasteiger partial charge is 0.444 e. The van der Waals surface area contributed by atoms with E-state index < -0.39 is 11.7 Å². The van der Waals surface area contributed by atoms with Crippen molar-refractivity contribution < 1.29 is 13.9 Å². The van der Waals surface area contributed by atoms with Crippen molar-refractivity contribution in [2.24, 2.45) is 0 Å². The zero-order valence-corrected chi connectivity index (χ0v) is 14.9. The number of aromatic nitrogens is 1.